The molecule has 4 aliphatic heterocycles. The third-order valence-electron chi connectivity index (χ3n) is 11.6. The van der Waals surface area contributed by atoms with Crippen LogP contribution < -0.4 is 9.80 Å². The molecule has 4 heterocycles. The van der Waals surface area contributed by atoms with Crippen LogP contribution in [0.4, 0.5) is 16.2 Å². The first-order valence-electron chi connectivity index (χ1n) is 17.8. The summed E-state index contributed by atoms with van der Waals surface area (Å²) >= 11 is 3.67. The number of likely N-dealkylation sites (tertiary alicyclic amines) is 1. The van der Waals surface area contributed by atoms with Crippen LogP contribution in [0.1, 0.15) is 84.0 Å². The van der Waals surface area contributed by atoms with Crippen LogP contribution >= 0.6 is 15.9 Å². The second kappa shape index (κ2) is 12.0. The lowest BCUT2D eigenvalue weighted by Crippen LogP contribution is -2.71. The molecule has 10 heteroatoms. The molecular formula is C42H41BrN4O5. The molecule has 1 spiro atoms. The van der Waals surface area contributed by atoms with E-state index in [4.69, 9.17) is 4.74 Å². The average Bonchev–Trinajstić information content (AvgIpc) is 3.69. The smallest absolute Gasteiger partial charge is 0.416 e. The number of amides is 4. The average molecular weight is 762 g/mol. The minimum absolute atomic E-state index is 0.0440. The Labute approximate surface area is 312 Å². The van der Waals surface area contributed by atoms with Crippen LogP contribution in [-0.2, 0) is 20.4 Å². The summed E-state index contributed by atoms with van der Waals surface area (Å²) in [5.41, 5.74) is 1.73. The van der Waals surface area contributed by atoms with Gasteiger partial charge in [0.15, 0.2) is 0 Å². The zero-order valence-corrected chi connectivity index (χ0v) is 31.5. The van der Waals surface area contributed by atoms with Crippen molar-refractivity contribution in [2.75, 3.05) is 29.9 Å². The molecular weight excluding hydrogens is 720 g/mol. The standard InChI is InChI=1S/C42H41BrN4O5/c1-26(27-13-7-6-8-14-27)45-23-22-42(38(45)50)32-20-19-28(43)25-34(32)47(39(51)52-40(2,3)4)37-41(42,31-17-11-12-18-33(31)44(37)5)21-24-46-35(48)29-15-9-10-16-30(29)36(46)49/h6-20,25-26,37H,21-24H2,1-5H3/t26-,37+,41+,42-/m0/s1. The van der Waals surface area contributed by atoms with Gasteiger partial charge in [-0.25, -0.2) is 4.79 Å². The second-order valence-electron chi connectivity index (χ2n) is 15.3. The van der Waals surface area contributed by atoms with Gasteiger partial charge in [0.1, 0.15) is 11.8 Å². The van der Waals surface area contributed by atoms with Gasteiger partial charge in [-0.05, 0) is 87.6 Å². The monoisotopic (exact) mass is 760 g/mol. The van der Waals surface area contributed by atoms with Crippen molar-refractivity contribution in [2.45, 2.75) is 69.2 Å². The number of ether oxygens (including phenoxy) is 1. The topological polar surface area (TPSA) is 90.5 Å². The number of nitrogens with zero attached hydrogens (tertiary/aromatic N) is 4. The molecule has 4 aliphatic rings. The Kier molecular flexibility index (Phi) is 7.91. The van der Waals surface area contributed by atoms with E-state index in [1.165, 1.54) is 4.90 Å². The molecule has 8 rings (SSSR count). The van der Waals surface area contributed by atoms with Gasteiger partial charge in [0, 0.05) is 30.3 Å². The van der Waals surface area contributed by atoms with Crippen molar-refractivity contribution in [1.82, 2.24) is 9.80 Å². The first-order chi connectivity index (χ1) is 24.8. The first kappa shape index (κ1) is 34.1. The van der Waals surface area contributed by atoms with E-state index < -0.39 is 28.7 Å². The van der Waals surface area contributed by atoms with Crippen molar-refractivity contribution in [2.24, 2.45) is 0 Å². The lowest BCUT2D eigenvalue weighted by Gasteiger charge is -2.57. The molecule has 4 aromatic rings. The molecule has 0 saturated carbocycles. The molecule has 9 nitrogen and oxygen atoms in total. The molecule has 4 atom stereocenters. The third kappa shape index (κ3) is 4.72. The number of anilines is 2. The summed E-state index contributed by atoms with van der Waals surface area (Å²) in [7, 11) is 1.95. The predicted octanol–water partition coefficient (Wildman–Crippen LogP) is 7.84. The number of hydrogen-bond acceptors (Lipinski definition) is 6. The normalized spacial score (nSPS) is 23.9. The number of imide groups is 1. The van der Waals surface area contributed by atoms with Gasteiger partial charge in [0.2, 0.25) is 5.91 Å². The van der Waals surface area contributed by atoms with E-state index in [9.17, 15) is 14.4 Å². The molecule has 4 aromatic carbocycles. The zero-order chi connectivity index (χ0) is 36.7. The summed E-state index contributed by atoms with van der Waals surface area (Å²) in [5.74, 6) is -0.763. The van der Waals surface area contributed by atoms with Crippen molar-refractivity contribution < 1.29 is 23.9 Å². The van der Waals surface area contributed by atoms with Gasteiger partial charge in [-0.15, -0.1) is 0 Å². The molecule has 0 unspecified atom stereocenters. The molecule has 0 radical (unpaired) electrons. The highest BCUT2D eigenvalue weighted by atomic mass is 79.9. The lowest BCUT2D eigenvalue weighted by atomic mass is 9.51. The molecule has 0 N–H and O–H groups in total. The van der Waals surface area contributed by atoms with Crippen LogP contribution in [0.25, 0.3) is 0 Å². The highest BCUT2D eigenvalue weighted by Crippen LogP contribution is 2.66. The van der Waals surface area contributed by atoms with E-state index in [1.54, 1.807) is 29.2 Å². The maximum absolute atomic E-state index is 15.8. The molecule has 52 heavy (non-hydrogen) atoms. The van der Waals surface area contributed by atoms with Gasteiger partial charge in [0.25, 0.3) is 11.8 Å². The van der Waals surface area contributed by atoms with Crippen molar-refractivity contribution in [3.05, 3.63) is 129 Å². The fourth-order valence-corrected chi connectivity index (χ4v) is 9.79. The fraction of sp³-hybridized carbons (Fsp3) is 0.333. The number of fused-ring (bicyclic) bond motifs is 7. The van der Waals surface area contributed by atoms with Gasteiger partial charge < -0.3 is 14.5 Å². The Hall–Kier alpha value is -4.96. The molecule has 266 valence electrons. The molecule has 4 amide bonds. The van der Waals surface area contributed by atoms with Crippen molar-refractivity contribution in [3.8, 4) is 0 Å². The van der Waals surface area contributed by atoms with Crippen LogP contribution in [-0.4, -0.2) is 65.5 Å². The number of hydrogen-bond donors (Lipinski definition) is 0. The molecule has 0 aromatic heterocycles. The predicted molar refractivity (Wildman–Crippen MR) is 202 cm³/mol. The van der Waals surface area contributed by atoms with E-state index in [-0.39, 0.29) is 36.7 Å². The largest absolute Gasteiger partial charge is 0.443 e. The minimum Gasteiger partial charge on any atom is -0.443 e. The quantitative estimate of drug-likeness (QED) is 0.193. The summed E-state index contributed by atoms with van der Waals surface area (Å²) in [6, 6.07) is 30.4. The number of rotatable bonds is 5. The number of carbonyl (C=O) groups excluding carboxylic acids is 4. The Bertz CT molecular complexity index is 2110. The highest BCUT2D eigenvalue weighted by Gasteiger charge is 2.73. The number of likely N-dealkylation sites (N-methyl/N-ethyl adjacent to an activating group) is 1. The van der Waals surface area contributed by atoms with E-state index in [2.05, 4.69) is 27.8 Å². The Balaban J connectivity index is 1.38. The Morgan fingerprint density at radius 2 is 1.50 bits per heavy atom. The van der Waals surface area contributed by atoms with E-state index >= 15 is 4.79 Å². The van der Waals surface area contributed by atoms with Gasteiger partial charge in [-0.2, -0.15) is 0 Å². The number of halogens is 1. The maximum atomic E-state index is 15.8. The van der Waals surface area contributed by atoms with Gasteiger partial charge in [0.05, 0.1) is 33.7 Å². The SMILES string of the molecule is C[C@@H](c1ccccc1)N1CC[C@@]2(C1=O)c1ccc(Br)cc1N(C(=O)OC(C)(C)C)[C@H]1N(C)c3ccccc3[C@]12CCN1C(=O)c2ccccc2C1=O. The van der Waals surface area contributed by atoms with Crippen LogP contribution in [0.5, 0.6) is 0 Å². The Morgan fingerprint density at radius 3 is 2.17 bits per heavy atom. The van der Waals surface area contributed by atoms with Crippen LogP contribution in [0.3, 0.4) is 0 Å². The lowest BCUT2D eigenvalue weighted by molar-refractivity contribution is -0.137. The van der Waals surface area contributed by atoms with Crippen molar-refractivity contribution in [1.29, 1.82) is 0 Å². The molecule has 0 bridgehead atoms. The third-order valence-corrected chi connectivity index (χ3v) is 12.1. The van der Waals surface area contributed by atoms with Gasteiger partial charge >= 0.3 is 6.09 Å². The highest BCUT2D eigenvalue weighted by molar-refractivity contribution is 9.10. The van der Waals surface area contributed by atoms with E-state index in [1.807, 2.05) is 106 Å². The summed E-state index contributed by atoms with van der Waals surface area (Å²) in [4.78, 5) is 65.3. The van der Waals surface area contributed by atoms with Gasteiger partial charge in [-0.1, -0.05) is 82.7 Å². The van der Waals surface area contributed by atoms with Crippen LogP contribution in [0, 0.1) is 0 Å². The van der Waals surface area contributed by atoms with Crippen molar-refractivity contribution in [3.63, 3.8) is 0 Å². The number of benzene rings is 4. The molecule has 1 saturated heterocycles. The summed E-state index contributed by atoms with van der Waals surface area (Å²) in [6.07, 6.45) is -0.608. The zero-order valence-electron chi connectivity index (χ0n) is 29.9. The minimum atomic E-state index is -1.19. The van der Waals surface area contributed by atoms with E-state index in [0.29, 0.717) is 29.8 Å². The number of carbonyl (C=O) groups is 4. The summed E-state index contributed by atoms with van der Waals surface area (Å²) < 4.78 is 6.91. The Morgan fingerprint density at radius 1 is 0.865 bits per heavy atom. The summed E-state index contributed by atoms with van der Waals surface area (Å²) in [5, 5.41) is 0. The molecule has 1 fully saturated rings. The molecule has 0 aliphatic carbocycles. The van der Waals surface area contributed by atoms with Crippen molar-refractivity contribution >= 4 is 51.1 Å². The maximum Gasteiger partial charge on any atom is 0.416 e. The fourth-order valence-electron chi connectivity index (χ4n) is 9.44. The van der Waals surface area contributed by atoms with Gasteiger partial charge in [-0.3, -0.25) is 24.2 Å². The second-order valence-corrected chi connectivity index (χ2v) is 16.2. The first-order valence-corrected chi connectivity index (χ1v) is 18.6. The number of para-hydroxylation sites is 1. The summed E-state index contributed by atoms with van der Waals surface area (Å²) in [6.45, 7) is 8.09. The van der Waals surface area contributed by atoms with E-state index in [0.717, 1.165) is 26.9 Å². The van der Waals surface area contributed by atoms with Crippen LogP contribution in [0.15, 0.2) is 102 Å². The van der Waals surface area contributed by atoms with Crippen LogP contribution in [0.2, 0.25) is 0 Å².